The molecule has 0 spiro atoms. The number of allylic oxidation sites excluding steroid dienone is 1. The number of esters is 3. The Bertz CT molecular complexity index is 1250. The fourth-order valence-electron chi connectivity index (χ4n) is 7.70. The normalized spacial score (nSPS) is 40.1. The highest BCUT2D eigenvalue weighted by molar-refractivity contribution is 6.04. The minimum Gasteiger partial charge on any atom is -0.465 e. The fourth-order valence-corrected chi connectivity index (χ4v) is 7.70. The second-order valence-electron chi connectivity index (χ2n) is 12.9. The number of Topliss-reactive ketones (excluding diaryl/α,β-unsaturated/α-hetero) is 1. The van der Waals surface area contributed by atoms with E-state index in [-0.39, 0.29) is 37.9 Å². The molecule has 2 saturated carbocycles. The van der Waals surface area contributed by atoms with E-state index < -0.39 is 63.6 Å². The van der Waals surface area contributed by atoms with Crippen LogP contribution >= 0.6 is 0 Å². The average Bonchev–Trinajstić information content (AvgIpc) is 3.37. The number of ketones is 1. The summed E-state index contributed by atoms with van der Waals surface area (Å²) in [6.07, 6.45) is 5.86. The van der Waals surface area contributed by atoms with Gasteiger partial charge in [-0.05, 0) is 50.7 Å². The molecule has 9 heteroatoms. The third kappa shape index (κ3) is 4.60. The van der Waals surface area contributed by atoms with Gasteiger partial charge < -0.3 is 24.4 Å². The molecule has 4 aliphatic rings. The third-order valence-corrected chi connectivity index (χ3v) is 10.5. The molecule has 0 saturated heterocycles. The van der Waals surface area contributed by atoms with Crippen molar-refractivity contribution in [3.8, 4) is 0 Å². The lowest BCUT2D eigenvalue weighted by Crippen LogP contribution is -2.61. The minimum absolute atomic E-state index is 0.0296. The Balaban J connectivity index is 1.86. The van der Waals surface area contributed by atoms with Crippen molar-refractivity contribution in [3.05, 3.63) is 34.9 Å². The van der Waals surface area contributed by atoms with Gasteiger partial charge in [-0.15, -0.1) is 0 Å². The number of hydrogen-bond acceptors (Lipinski definition) is 9. The Morgan fingerprint density at radius 2 is 1.83 bits per heavy atom. The Morgan fingerprint density at radius 1 is 1.17 bits per heavy atom. The first-order valence-electron chi connectivity index (χ1n) is 14.6. The van der Waals surface area contributed by atoms with Gasteiger partial charge in [0.1, 0.15) is 24.4 Å². The van der Waals surface area contributed by atoms with Gasteiger partial charge in [0.25, 0.3) is 0 Å². The molecule has 4 rings (SSSR count). The van der Waals surface area contributed by atoms with E-state index in [1.54, 1.807) is 45.9 Å². The minimum atomic E-state index is -1.92. The number of fused-ring (bicyclic) bond motifs is 5. The quantitative estimate of drug-likeness (QED) is 0.193. The van der Waals surface area contributed by atoms with Crippen LogP contribution in [0.2, 0.25) is 0 Å². The Hall–Kier alpha value is -2.78. The molecular formula is C32H44O9. The number of ether oxygens (including phenoxy) is 3. The highest BCUT2D eigenvalue weighted by atomic mass is 16.6. The van der Waals surface area contributed by atoms with E-state index in [2.05, 4.69) is 0 Å². The summed E-state index contributed by atoms with van der Waals surface area (Å²) in [4.78, 5) is 51.0. The van der Waals surface area contributed by atoms with Gasteiger partial charge in [-0.2, -0.15) is 0 Å². The Morgan fingerprint density at radius 3 is 2.41 bits per heavy atom. The molecule has 0 amide bonds. The summed E-state index contributed by atoms with van der Waals surface area (Å²) in [5, 5.41) is 24.6. The Labute approximate surface area is 242 Å². The predicted molar refractivity (Wildman–Crippen MR) is 149 cm³/mol. The zero-order chi connectivity index (χ0) is 30.7. The Kier molecular flexibility index (Phi) is 7.97. The molecule has 0 aromatic rings. The first kappa shape index (κ1) is 31.2. The topological polar surface area (TPSA) is 136 Å². The second-order valence-corrected chi connectivity index (χ2v) is 12.9. The van der Waals surface area contributed by atoms with Gasteiger partial charge in [0.15, 0.2) is 5.78 Å². The molecule has 0 aliphatic heterocycles. The molecule has 0 aromatic heterocycles. The highest BCUT2D eigenvalue weighted by Crippen LogP contribution is 2.77. The molecule has 2 fully saturated rings. The second kappa shape index (κ2) is 10.5. The molecule has 0 bridgehead atoms. The van der Waals surface area contributed by atoms with Gasteiger partial charge in [0.2, 0.25) is 0 Å². The van der Waals surface area contributed by atoms with Gasteiger partial charge in [-0.25, -0.2) is 4.79 Å². The maximum absolute atomic E-state index is 13.3. The zero-order valence-electron chi connectivity index (χ0n) is 25.4. The lowest BCUT2D eigenvalue weighted by molar-refractivity contribution is -0.185. The van der Waals surface area contributed by atoms with Crippen LogP contribution in [0.3, 0.4) is 0 Å². The SMILES string of the molecule is CC=C(C)C(=O)OC12CC(C)C3(O)C(C=C(COC(C)=O)CC4(O)C(=O)C(C)=CC43)C1C2(C)COC(=O)C(C)CC. The lowest BCUT2D eigenvalue weighted by Gasteiger charge is -2.50. The van der Waals surface area contributed by atoms with Crippen LogP contribution in [0.5, 0.6) is 0 Å². The summed E-state index contributed by atoms with van der Waals surface area (Å²) in [5.41, 5.74) is -4.18. The molecule has 9 atom stereocenters. The molecule has 4 aliphatic carbocycles. The van der Waals surface area contributed by atoms with E-state index in [1.807, 2.05) is 20.8 Å². The van der Waals surface area contributed by atoms with Crippen LogP contribution in [-0.2, 0) is 33.4 Å². The summed E-state index contributed by atoms with van der Waals surface area (Å²) < 4.78 is 17.4. The van der Waals surface area contributed by atoms with E-state index in [0.29, 0.717) is 23.1 Å². The monoisotopic (exact) mass is 572 g/mol. The third-order valence-electron chi connectivity index (χ3n) is 10.5. The van der Waals surface area contributed by atoms with Gasteiger partial charge in [0, 0.05) is 42.1 Å². The number of carbonyl (C=O) groups is 4. The van der Waals surface area contributed by atoms with Gasteiger partial charge in [-0.1, -0.05) is 45.9 Å². The van der Waals surface area contributed by atoms with Crippen LogP contribution in [0.15, 0.2) is 34.9 Å². The molecule has 41 heavy (non-hydrogen) atoms. The van der Waals surface area contributed by atoms with Crippen molar-refractivity contribution in [1.82, 2.24) is 0 Å². The maximum atomic E-state index is 13.3. The molecular weight excluding hydrogens is 528 g/mol. The molecule has 9 nitrogen and oxygen atoms in total. The van der Waals surface area contributed by atoms with Crippen molar-refractivity contribution in [2.75, 3.05) is 13.2 Å². The molecule has 9 unspecified atom stereocenters. The van der Waals surface area contributed by atoms with Crippen molar-refractivity contribution < 1.29 is 43.6 Å². The van der Waals surface area contributed by atoms with E-state index in [1.165, 1.54) is 6.92 Å². The lowest BCUT2D eigenvalue weighted by atomic mass is 9.60. The molecule has 0 heterocycles. The first-order chi connectivity index (χ1) is 19.0. The van der Waals surface area contributed by atoms with Gasteiger partial charge in [0.05, 0.1) is 11.5 Å². The number of aliphatic hydroxyl groups is 2. The summed E-state index contributed by atoms with van der Waals surface area (Å²) in [6, 6.07) is 0. The van der Waals surface area contributed by atoms with E-state index in [4.69, 9.17) is 14.2 Å². The predicted octanol–water partition coefficient (Wildman–Crippen LogP) is 3.62. The largest absolute Gasteiger partial charge is 0.465 e. The van der Waals surface area contributed by atoms with E-state index in [9.17, 15) is 29.4 Å². The molecule has 226 valence electrons. The average molecular weight is 573 g/mol. The number of carbonyl (C=O) groups excluding carboxylic acids is 4. The highest BCUT2D eigenvalue weighted by Gasteiger charge is 2.85. The number of rotatable bonds is 8. The maximum Gasteiger partial charge on any atom is 0.333 e. The van der Waals surface area contributed by atoms with Crippen LogP contribution in [0.1, 0.15) is 74.7 Å². The van der Waals surface area contributed by atoms with Crippen molar-refractivity contribution in [2.24, 2.45) is 35.0 Å². The van der Waals surface area contributed by atoms with Crippen molar-refractivity contribution >= 4 is 23.7 Å². The molecule has 2 N–H and O–H groups in total. The summed E-state index contributed by atoms with van der Waals surface area (Å²) in [7, 11) is 0. The zero-order valence-corrected chi connectivity index (χ0v) is 25.4. The van der Waals surface area contributed by atoms with Crippen molar-refractivity contribution in [2.45, 2.75) is 91.5 Å². The summed E-state index contributed by atoms with van der Waals surface area (Å²) in [6.45, 7) is 13.5. The smallest absolute Gasteiger partial charge is 0.333 e. The van der Waals surface area contributed by atoms with Gasteiger partial charge >= 0.3 is 17.9 Å². The standard InChI is InChI=1S/C32H44O9/c1-9-17(3)27(35)40-16-29(8)25-23-12-22(15-39-21(7)33)14-30(37)24(11-19(5)26(30)34)32(23,38)20(6)13-31(25,29)41-28(36)18(4)10-2/h10-12,17,20,23-25,37-38H,9,13-16H2,1-8H3. The van der Waals surface area contributed by atoms with Gasteiger partial charge in [-0.3, -0.25) is 14.4 Å². The fraction of sp³-hybridized carbons (Fsp3) is 0.688. The number of hydrogen-bond donors (Lipinski definition) is 2. The van der Waals surface area contributed by atoms with Crippen LogP contribution in [0.4, 0.5) is 0 Å². The van der Waals surface area contributed by atoms with Crippen LogP contribution in [0.25, 0.3) is 0 Å². The molecule has 0 radical (unpaired) electrons. The van der Waals surface area contributed by atoms with Crippen LogP contribution in [0, 0.1) is 35.0 Å². The van der Waals surface area contributed by atoms with Crippen molar-refractivity contribution in [3.63, 3.8) is 0 Å². The summed E-state index contributed by atoms with van der Waals surface area (Å²) >= 11 is 0. The summed E-state index contributed by atoms with van der Waals surface area (Å²) in [5.74, 6) is -4.83. The molecule has 0 aromatic carbocycles. The van der Waals surface area contributed by atoms with Crippen LogP contribution in [-0.4, -0.2) is 63.9 Å². The van der Waals surface area contributed by atoms with E-state index in [0.717, 1.165) is 0 Å². The van der Waals surface area contributed by atoms with E-state index >= 15 is 0 Å². The van der Waals surface area contributed by atoms with Crippen molar-refractivity contribution in [1.29, 1.82) is 0 Å². The van der Waals surface area contributed by atoms with Crippen LogP contribution < -0.4 is 0 Å². The first-order valence-corrected chi connectivity index (χ1v) is 14.6.